The van der Waals surface area contributed by atoms with Crippen molar-refractivity contribution in [3.05, 3.63) is 115 Å². The molecule has 0 saturated carbocycles. The third-order valence-electron chi connectivity index (χ3n) is 6.10. The van der Waals surface area contributed by atoms with Crippen LogP contribution in [0.3, 0.4) is 0 Å². The molecule has 0 unspecified atom stereocenters. The summed E-state index contributed by atoms with van der Waals surface area (Å²) in [5, 5.41) is 0. The Labute approximate surface area is 199 Å². The zero-order chi connectivity index (χ0) is 23.7. The normalized spacial score (nSPS) is 17.7. The van der Waals surface area contributed by atoms with E-state index in [9.17, 15) is 13.2 Å². The first-order chi connectivity index (χ1) is 16.5. The van der Waals surface area contributed by atoms with Gasteiger partial charge in [-0.2, -0.15) is 0 Å². The van der Waals surface area contributed by atoms with E-state index in [-0.39, 0.29) is 22.6 Å². The summed E-state index contributed by atoms with van der Waals surface area (Å²) in [6.07, 6.45) is 1.89. The Morgan fingerprint density at radius 3 is 2.21 bits per heavy atom. The van der Waals surface area contributed by atoms with Crippen molar-refractivity contribution in [2.24, 2.45) is 0 Å². The highest BCUT2D eigenvalue weighted by atomic mass is 32.2. The van der Waals surface area contributed by atoms with Gasteiger partial charge in [0.1, 0.15) is 0 Å². The van der Waals surface area contributed by atoms with Gasteiger partial charge in [-0.1, -0.05) is 54.6 Å². The molecule has 0 fully saturated rings. The van der Waals surface area contributed by atoms with Gasteiger partial charge in [0.05, 0.1) is 22.9 Å². The van der Waals surface area contributed by atoms with Crippen LogP contribution in [0, 0.1) is 0 Å². The van der Waals surface area contributed by atoms with Gasteiger partial charge >= 0.3 is 0 Å². The van der Waals surface area contributed by atoms with Gasteiger partial charge in [0.15, 0.2) is 5.76 Å². The smallest absolute Gasteiger partial charge is 0.294 e. The predicted molar refractivity (Wildman–Crippen MR) is 131 cm³/mol. The fraction of sp³-hybridized carbons (Fsp3) is 0.148. The molecule has 34 heavy (non-hydrogen) atoms. The summed E-state index contributed by atoms with van der Waals surface area (Å²) in [6.45, 7) is 1.93. The SMILES string of the molecule is C[C@H]1C[C@H](N(c2ccccc2)S(=O)(=O)c2ccccc2)c2ccccc2N1C(=O)c1ccco1. The van der Waals surface area contributed by atoms with Crippen molar-refractivity contribution in [3.63, 3.8) is 0 Å². The minimum Gasteiger partial charge on any atom is -0.459 e. The van der Waals surface area contributed by atoms with E-state index in [1.165, 1.54) is 10.6 Å². The summed E-state index contributed by atoms with van der Waals surface area (Å²) in [5.74, 6) is -0.00231. The summed E-state index contributed by atoms with van der Waals surface area (Å²) in [6, 6.07) is 27.6. The van der Waals surface area contributed by atoms with Crippen molar-refractivity contribution in [1.82, 2.24) is 0 Å². The molecule has 7 heteroatoms. The number of carbonyl (C=O) groups is 1. The number of hydrogen-bond acceptors (Lipinski definition) is 4. The van der Waals surface area contributed by atoms with E-state index in [1.54, 1.807) is 59.5 Å². The number of fused-ring (bicyclic) bond motifs is 1. The van der Waals surface area contributed by atoms with E-state index in [0.29, 0.717) is 17.8 Å². The second-order valence-electron chi connectivity index (χ2n) is 8.26. The van der Waals surface area contributed by atoms with Gasteiger partial charge in [0, 0.05) is 11.7 Å². The lowest BCUT2D eigenvalue weighted by atomic mass is 9.91. The van der Waals surface area contributed by atoms with E-state index in [1.807, 2.05) is 49.4 Å². The summed E-state index contributed by atoms with van der Waals surface area (Å²) in [4.78, 5) is 15.2. The van der Waals surface area contributed by atoms with E-state index in [2.05, 4.69) is 0 Å². The molecule has 0 bridgehead atoms. The third-order valence-corrected chi connectivity index (χ3v) is 7.96. The number of nitrogens with zero attached hydrogens (tertiary/aromatic N) is 2. The van der Waals surface area contributed by atoms with E-state index in [0.717, 1.165) is 5.56 Å². The monoisotopic (exact) mass is 472 g/mol. The Morgan fingerprint density at radius 1 is 0.882 bits per heavy atom. The Kier molecular flexibility index (Phi) is 5.71. The second kappa shape index (κ2) is 8.83. The lowest BCUT2D eigenvalue weighted by molar-refractivity contribution is 0.0947. The van der Waals surface area contributed by atoms with Crippen LogP contribution in [0.1, 0.15) is 35.5 Å². The quantitative estimate of drug-likeness (QED) is 0.376. The molecule has 0 radical (unpaired) electrons. The third kappa shape index (κ3) is 3.78. The molecule has 0 saturated heterocycles. The molecule has 0 spiro atoms. The topological polar surface area (TPSA) is 70.8 Å². The number of furan rings is 1. The van der Waals surface area contributed by atoms with Crippen LogP contribution in [0.25, 0.3) is 0 Å². The summed E-state index contributed by atoms with van der Waals surface area (Å²) in [5.41, 5.74) is 2.02. The van der Waals surface area contributed by atoms with Gasteiger partial charge in [-0.3, -0.25) is 9.10 Å². The first-order valence-electron chi connectivity index (χ1n) is 11.1. The highest BCUT2D eigenvalue weighted by Gasteiger charge is 2.41. The molecule has 1 amide bonds. The molecule has 4 aromatic rings. The molecule has 1 aliphatic rings. The van der Waals surface area contributed by atoms with Crippen LogP contribution in [0.2, 0.25) is 0 Å². The Bertz CT molecular complexity index is 1390. The van der Waals surface area contributed by atoms with Crippen LogP contribution >= 0.6 is 0 Å². The molecule has 2 heterocycles. The molecule has 2 atom stereocenters. The molecule has 0 aliphatic carbocycles. The van der Waals surface area contributed by atoms with Crippen molar-refractivity contribution in [1.29, 1.82) is 0 Å². The summed E-state index contributed by atoms with van der Waals surface area (Å²) in [7, 11) is -3.89. The van der Waals surface area contributed by atoms with E-state index < -0.39 is 16.1 Å². The van der Waals surface area contributed by atoms with Crippen LogP contribution in [-0.4, -0.2) is 20.4 Å². The number of amides is 1. The molecule has 0 N–H and O–H groups in total. The van der Waals surface area contributed by atoms with Crippen molar-refractivity contribution in [2.45, 2.75) is 30.3 Å². The largest absolute Gasteiger partial charge is 0.459 e. The highest BCUT2D eigenvalue weighted by molar-refractivity contribution is 7.92. The van der Waals surface area contributed by atoms with Crippen LogP contribution in [0.15, 0.2) is 113 Å². The average Bonchev–Trinajstić information content (AvgIpc) is 3.40. The first-order valence-corrected chi connectivity index (χ1v) is 12.5. The number of anilines is 2. The maximum absolute atomic E-state index is 14.0. The second-order valence-corrected chi connectivity index (χ2v) is 10.1. The van der Waals surface area contributed by atoms with E-state index >= 15 is 0 Å². The molecule has 3 aromatic carbocycles. The molecular formula is C27H24N2O4S. The molecule has 1 aliphatic heterocycles. The number of rotatable bonds is 5. The maximum Gasteiger partial charge on any atom is 0.294 e. The van der Waals surface area contributed by atoms with Crippen LogP contribution < -0.4 is 9.21 Å². The standard InChI is InChI=1S/C27H24N2O4S/c1-20-19-25(23-15-8-9-16-24(23)28(20)27(30)26-17-10-18-33-26)29(21-11-4-2-5-12-21)34(31,32)22-13-6-3-7-14-22/h2-18,20,25H,19H2,1H3/t20-,25-/m0/s1. The number of sulfonamides is 1. The maximum atomic E-state index is 14.0. The number of carbonyl (C=O) groups excluding carboxylic acids is 1. The fourth-order valence-corrected chi connectivity index (χ4v) is 6.26. The molecule has 6 nitrogen and oxygen atoms in total. The summed E-state index contributed by atoms with van der Waals surface area (Å²) < 4.78 is 34.8. The Hall–Kier alpha value is -3.84. The molecule has 5 rings (SSSR count). The lowest BCUT2D eigenvalue weighted by Gasteiger charge is -2.43. The van der Waals surface area contributed by atoms with Gasteiger partial charge < -0.3 is 9.32 Å². The zero-order valence-corrected chi connectivity index (χ0v) is 19.4. The van der Waals surface area contributed by atoms with Crippen molar-refractivity contribution >= 4 is 27.3 Å². The summed E-state index contributed by atoms with van der Waals surface area (Å²) >= 11 is 0. The van der Waals surface area contributed by atoms with E-state index in [4.69, 9.17) is 4.42 Å². The van der Waals surface area contributed by atoms with Crippen molar-refractivity contribution in [2.75, 3.05) is 9.21 Å². The molecule has 172 valence electrons. The van der Waals surface area contributed by atoms with Crippen LogP contribution in [0.4, 0.5) is 11.4 Å². The van der Waals surface area contributed by atoms with Gasteiger partial charge in [-0.25, -0.2) is 8.42 Å². The molecular weight excluding hydrogens is 448 g/mol. The number of para-hydroxylation sites is 2. The zero-order valence-electron chi connectivity index (χ0n) is 18.6. The first kappa shape index (κ1) is 22.0. The van der Waals surface area contributed by atoms with Gasteiger partial charge in [0.25, 0.3) is 15.9 Å². The fourth-order valence-electron chi connectivity index (χ4n) is 4.60. The minimum atomic E-state index is -3.89. The van der Waals surface area contributed by atoms with Gasteiger partial charge in [-0.05, 0) is 61.4 Å². The number of hydrogen-bond donors (Lipinski definition) is 0. The highest BCUT2D eigenvalue weighted by Crippen LogP contribution is 2.44. The Morgan fingerprint density at radius 2 is 1.53 bits per heavy atom. The van der Waals surface area contributed by atoms with Gasteiger partial charge in [0.2, 0.25) is 0 Å². The van der Waals surface area contributed by atoms with Gasteiger partial charge in [-0.15, -0.1) is 0 Å². The average molecular weight is 473 g/mol. The lowest BCUT2D eigenvalue weighted by Crippen LogP contribution is -2.47. The van der Waals surface area contributed by atoms with Crippen LogP contribution in [-0.2, 0) is 10.0 Å². The van der Waals surface area contributed by atoms with Crippen LogP contribution in [0.5, 0.6) is 0 Å². The predicted octanol–water partition coefficient (Wildman–Crippen LogP) is 5.66. The number of benzene rings is 3. The van der Waals surface area contributed by atoms with Crippen molar-refractivity contribution in [3.8, 4) is 0 Å². The minimum absolute atomic E-state index is 0.220. The Balaban J connectivity index is 1.66. The molecule has 1 aromatic heterocycles. The van der Waals surface area contributed by atoms with Crippen molar-refractivity contribution < 1.29 is 17.6 Å².